The van der Waals surface area contributed by atoms with Crippen LogP contribution in [0.25, 0.3) is 10.9 Å². The molecule has 0 spiro atoms. The predicted octanol–water partition coefficient (Wildman–Crippen LogP) is 1.40. The van der Waals surface area contributed by atoms with E-state index in [4.69, 9.17) is 11.6 Å². The van der Waals surface area contributed by atoms with E-state index in [9.17, 15) is 9.59 Å². The van der Waals surface area contributed by atoms with Crippen LogP contribution in [0.15, 0.2) is 24.3 Å². The molecule has 1 heterocycles. The zero-order valence-corrected chi connectivity index (χ0v) is 10.3. The van der Waals surface area contributed by atoms with E-state index in [1.165, 1.54) is 7.05 Å². The molecule has 0 saturated carbocycles. The van der Waals surface area contributed by atoms with Gasteiger partial charge in [0, 0.05) is 23.0 Å². The van der Waals surface area contributed by atoms with Gasteiger partial charge in [0.1, 0.15) is 5.69 Å². The first-order valence-electron chi connectivity index (χ1n) is 5.16. The number of nitrogens with one attached hydrogen (secondary N) is 4. The van der Waals surface area contributed by atoms with Crippen molar-refractivity contribution in [2.24, 2.45) is 0 Å². The summed E-state index contributed by atoms with van der Waals surface area (Å²) in [5, 5.41) is 3.76. The molecule has 2 rings (SSSR count). The second kappa shape index (κ2) is 4.97. The van der Waals surface area contributed by atoms with E-state index in [1.807, 2.05) is 0 Å². The molecule has 0 saturated heterocycles. The summed E-state index contributed by atoms with van der Waals surface area (Å²) >= 11 is 5.84. The molecule has 1 aromatic carbocycles. The first-order chi connectivity index (χ1) is 8.60. The van der Waals surface area contributed by atoms with E-state index in [2.05, 4.69) is 21.2 Å². The Morgan fingerprint density at radius 3 is 2.72 bits per heavy atom. The quantitative estimate of drug-likeness (QED) is 0.588. The van der Waals surface area contributed by atoms with Crippen molar-refractivity contribution in [3.05, 3.63) is 35.0 Å². The number of hydrazine groups is 1. The van der Waals surface area contributed by atoms with Gasteiger partial charge in [-0.3, -0.25) is 10.2 Å². The average Bonchev–Trinajstić information content (AvgIpc) is 2.78. The van der Waals surface area contributed by atoms with Crippen LogP contribution >= 0.6 is 11.6 Å². The molecule has 0 unspecified atom stereocenters. The van der Waals surface area contributed by atoms with E-state index in [1.54, 1.807) is 24.3 Å². The average molecular weight is 267 g/mol. The van der Waals surface area contributed by atoms with Crippen molar-refractivity contribution in [1.29, 1.82) is 0 Å². The third-order valence-electron chi connectivity index (χ3n) is 2.35. The second-order valence-corrected chi connectivity index (χ2v) is 4.01. The van der Waals surface area contributed by atoms with E-state index >= 15 is 0 Å². The number of carbonyl (C=O) groups is 2. The third-order valence-corrected chi connectivity index (χ3v) is 2.58. The fourth-order valence-electron chi connectivity index (χ4n) is 1.46. The summed E-state index contributed by atoms with van der Waals surface area (Å²) in [6.07, 6.45) is 0. The molecule has 2 aromatic rings. The second-order valence-electron chi connectivity index (χ2n) is 3.57. The molecule has 94 valence electrons. The van der Waals surface area contributed by atoms with Gasteiger partial charge in [0.25, 0.3) is 5.91 Å². The largest absolute Gasteiger partial charge is 0.350 e. The monoisotopic (exact) mass is 266 g/mol. The van der Waals surface area contributed by atoms with Crippen molar-refractivity contribution >= 4 is 34.4 Å². The first kappa shape index (κ1) is 12.3. The Morgan fingerprint density at radius 2 is 2.00 bits per heavy atom. The normalized spacial score (nSPS) is 10.1. The highest BCUT2D eigenvalue weighted by molar-refractivity contribution is 6.31. The fraction of sp³-hybridized carbons (Fsp3) is 0.0909. The van der Waals surface area contributed by atoms with E-state index in [0.29, 0.717) is 10.7 Å². The van der Waals surface area contributed by atoms with Gasteiger partial charge < -0.3 is 10.3 Å². The van der Waals surface area contributed by atoms with Crippen molar-refractivity contribution in [2.45, 2.75) is 0 Å². The lowest BCUT2D eigenvalue weighted by Gasteiger charge is -2.04. The molecule has 3 amide bonds. The summed E-state index contributed by atoms with van der Waals surface area (Å²) in [5.74, 6) is -0.439. The zero-order chi connectivity index (χ0) is 13.1. The highest BCUT2D eigenvalue weighted by atomic mass is 35.5. The molecule has 0 atom stereocenters. The Labute approximate surface area is 108 Å². The minimum absolute atomic E-state index is 0.337. The topological polar surface area (TPSA) is 86.0 Å². The predicted molar refractivity (Wildman–Crippen MR) is 68.4 cm³/mol. The highest BCUT2D eigenvalue weighted by Crippen LogP contribution is 2.19. The molecule has 0 aliphatic carbocycles. The number of amides is 3. The Bertz CT molecular complexity index is 608. The number of halogens is 1. The molecule has 18 heavy (non-hydrogen) atoms. The van der Waals surface area contributed by atoms with Crippen LogP contribution in [0.5, 0.6) is 0 Å². The molecule has 6 nitrogen and oxygen atoms in total. The molecule has 0 fully saturated rings. The van der Waals surface area contributed by atoms with E-state index < -0.39 is 11.9 Å². The number of carbonyl (C=O) groups excluding carboxylic acids is 2. The first-order valence-corrected chi connectivity index (χ1v) is 5.54. The van der Waals surface area contributed by atoms with Gasteiger partial charge in [0.2, 0.25) is 0 Å². The van der Waals surface area contributed by atoms with Crippen LogP contribution in [0.4, 0.5) is 4.79 Å². The van der Waals surface area contributed by atoms with Crippen molar-refractivity contribution in [2.75, 3.05) is 7.05 Å². The molecule has 4 N–H and O–H groups in total. The van der Waals surface area contributed by atoms with Crippen LogP contribution in [0.1, 0.15) is 10.5 Å². The number of H-pyrrole nitrogens is 1. The lowest BCUT2D eigenvalue weighted by Crippen LogP contribution is -2.45. The molecule has 0 aliphatic rings. The molecule has 0 bridgehead atoms. The molecule has 0 radical (unpaired) electrons. The number of hydrogen-bond acceptors (Lipinski definition) is 2. The number of benzene rings is 1. The Morgan fingerprint density at radius 1 is 1.22 bits per heavy atom. The van der Waals surface area contributed by atoms with Crippen LogP contribution in [0, 0.1) is 0 Å². The minimum Gasteiger partial charge on any atom is -0.350 e. The van der Waals surface area contributed by atoms with Crippen LogP contribution in [0.2, 0.25) is 5.02 Å². The summed E-state index contributed by atoms with van der Waals surface area (Å²) < 4.78 is 0. The number of urea groups is 1. The SMILES string of the molecule is CNC(=O)NNC(=O)c1cc2ccc(Cl)cc2[nH]1. The fourth-order valence-corrected chi connectivity index (χ4v) is 1.64. The summed E-state index contributed by atoms with van der Waals surface area (Å²) in [6.45, 7) is 0. The molecule has 7 heteroatoms. The van der Waals surface area contributed by atoms with E-state index in [0.717, 1.165) is 10.9 Å². The van der Waals surface area contributed by atoms with Gasteiger partial charge in [-0.05, 0) is 18.2 Å². The van der Waals surface area contributed by atoms with Crippen LogP contribution < -0.4 is 16.2 Å². The number of rotatable bonds is 1. The van der Waals surface area contributed by atoms with Crippen LogP contribution in [-0.2, 0) is 0 Å². The molecule has 0 aliphatic heterocycles. The molecule has 1 aromatic heterocycles. The van der Waals surface area contributed by atoms with Gasteiger partial charge in [-0.25, -0.2) is 10.2 Å². The molecular weight excluding hydrogens is 256 g/mol. The lowest BCUT2D eigenvalue weighted by atomic mass is 10.2. The highest BCUT2D eigenvalue weighted by Gasteiger charge is 2.10. The maximum absolute atomic E-state index is 11.7. The minimum atomic E-state index is -0.498. The van der Waals surface area contributed by atoms with Crippen LogP contribution in [0.3, 0.4) is 0 Å². The summed E-state index contributed by atoms with van der Waals surface area (Å²) in [7, 11) is 1.45. The van der Waals surface area contributed by atoms with Crippen molar-refractivity contribution in [1.82, 2.24) is 21.2 Å². The van der Waals surface area contributed by atoms with Crippen molar-refractivity contribution < 1.29 is 9.59 Å². The third kappa shape index (κ3) is 2.54. The number of fused-ring (bicyclic) bond motifs is 1. The summed E-state index contributed by atoms with van der Waals surface area (Å²) in [5.41, 5.74) is 5.54. The number of hydrogen-bond donors (Lipinski definition) is 4. The maximum Gasteiger partial charge on any atom is 0.333 e. The Balaban J connectivity index is 2.15. The summed E-state index contributed by atoms with van der Waals surface area (Å²) in [4.78, 5) is 25.5. The maximum atomic E-state index is 11.7. The van der Waals surface area contributed by atoms with Crippen molar-refractivity contribution in [3.63, 3.8) is 0 Å². The van der Waals surface area contributed by atoms with Gasteiger partial charge in [-0.1, -0.05) is 17.7 Å². The van der Waals surface area contributed by atoms with Crippen molar-refractivity contribution in [3.8, 4) is 0 Å². The van der Waals surface area contributed by atoms with Crippen LogP contribution in [-0.4, -0.2) is 24.0 Å². The Kier molecular flexibility index (Phi) is 3.38. The summed E-state index contributed by atoms with van der Waals surface area (Å²) in [6, 6.07) is 6.44. The number of aromatic nitrogens is 1. The zero-order valence-electron chi connectivity index (χ0n) is 9.50. The Hall–Kier alpha value is -2.21. The van der Waals surface area contributed by atoms with Gasteiger partial charge in [-0.15, -0.1) is 0 Å². The smallest absolute Gasteiger partial charge is 0.333 e. The van der Waals surface area contributed by atoms with E-state index in [-0.39, 0.29) is 0 Å². The van der Waals surface area contributed by atoms with Gasteiger partial charge in [0.05, 0.1) is 0 Å². The van der Waals surface area contributed by atoms with Gasteiger partial charge >= 0.3 is 6.03 Å². The number of aromatic amines is 1. The molecular formula is C11H11ClN4O2. The van der Waals surface area contributed by atoms with Gasteiger partial charge in [0.15, 0.2) is 0 Å². The standard InChI is InChI=1S/C11H11ClN4O2/c1-13-11(18)16-15-10(17)9-4-6-2-3-7(12)5-8(6)14-9/h2-5,14H,1H3,(H,15,17)(H2,13,16,18). The van der Waals surface area contributed by atoms with Gasteiger partial charge in [-0.2, -0.15) is 0 Å². The lowest BCUT2D eigenvalue weighted by molar-refractivity contribution is 0.0932.